The molecule has 2 aromatic carbocycles. The SMILES string of the molecule is C=C1OCc2c(cc3n(c2=O)Cc2cc4c(CN(C)C(=O)OCc5ccc(NC(=O)[C@H](C)NC(=O)[C@@H](NC(=O)[C@H](CCCCNC(=O)CCC(C)=O)NC(=O)CCOCCOCCOCCOCCOCCOCCOCCOC)C(C)C)c(O[C@@H]6O[C@H](C(=O)O)[C@@H](O)[C@H](O)[C@H]6O)c5)c(O)ccc4nc2-3)[C@@]1(O)CC. The van der Waals surface area contributed by atoms with Crippen LogP contribution >= 0.6 is 0 Å². The van der Waals surface area contributed by atoms with Crippen LogP contribution in [0.1, 0.15) is 107 Å². The normalized spacial score (nSPS) is 18.6. The zero-order valence-corrected chi connectivity index (χ0v) is 62.6. The monoisotopic (exact) mass is 1540 g/mol. The van der Waals surface area contributed by atoms with E-state index in [0.717, 1.165) is 0 Å². The number of aliphatic hydroxyl groups excluding tert-OH is 3. The van der Waals surface area contributed by atoms with E-state index < -0.39 is 103 Å². The number of carbonyl (C=O) groups is 8. The fraction of sp³-hybridized carbons (Fsp3) is 0.595. The number of aliphatic carboxylic acids is 1. The van der Waals surface area contributed by atoms with Crippen LogP contribution in [0.2, 0.25) is 0 Å². The second-order valence-electron chi connectivity index (χ2n) is 26.6. The number of carboxylic acid groups (broad SMARTS) is 1. The minimum absolute atomic E-state index is 0.0117. The quantitative estimate of drug-likeness (QED) is 0.0247. The van der Waals surface area contributed by atoms with E-state index in [1.165, 1.54) is 54.6 Å². The second-order valence-corrected chi connectivity index (χ2v) is 26.6. The largest absolute Gasteiger partial charge is 0.508 e. The number of carboxylic acids is 1. The Labute approximate surface area is 630 Å². The van der Waals surface area contributed by atoms with Crippen LogP contribution < -0.4 is 36.9 Å². The van der Waals surface area contributed by atoms with Crippen molar-refractivity contribution in [1.82, 2.24) is 35.7 Å². The molecule has 0 spiro atoms. The Bertz CT molecular complexity index is 3820. The van der Waals surface area contributed by atoms with E-state index in [-0.39, 0.29) is 136 Å². The molecule has 1 saturated heterocycles. The average molecular weight is 1540 g/mol. The maximum atomic E-state index is 14.1. The van der Waals surface area contributed by atoms with Crippen molar-refractivity contribution in [2.45, 2.75) is 160 Å². The summed E-state index contributed by atoms with van der Waals surface area (Å²) in [6.07, 6.45) is -10.4. The zero-order valence-electron chi connectivity index (χ0n) is 62.6. The van der Waals surface area contributed by atoms with Crippen LogP contribution in [0.15, 0.2) is 59.6 Å². The lowest BCUT2D eigenvalue weighted by atomic mass is 9.84. The highest BCUT2D eigenvalue weighted by Crippen LogP contribution is 2.43. The van der Waals surface area contributed by atoms with E-state index in [9.17, 15) is 73.8 Å². The van der Waals surface area contributed by atoms with E-state index in [1.54, 1.807) is 46.1 Å². The van der Waals surface area contributed by atoms with Crippen molar-refractivity contribution in [1.29, 1.82) is 0 Å². The standard InChI is InChI=1S/C74H104N8O27/c1-9-74(97)46(6)106-42-51-52(74)38-56-62-48(39-82(56)70(51)93)37-49-50(57(84)17-16-53(49)78-62)40-81(7)73(96)107-41-47-14-15-54(58(36-47)108-72-65(89)63(87)64(88)66(109-72)71(94)95)79-67(90)45(5)76-69(92)61(43(2)3)80-68(91)55(12-10-11-20-75-59(85)18-13-44(4)83)77-60(86)19-21-99-24-25-101-28-29-103-32-33-105-35-34-104-31-30-102-27-26-100-23-22-98-8/h14-17,36-38,43,45,55,61,63-66,72,84,87-89,97H,6,9-13,18-35,39-42H2,1-5,7-8H3,(H,75,85)(H,76,92)(H,77,86)(H,79,90)(H,80,91)(H,94,95)/t45-,55-,61-,63-,64-,65+,66-,72+,74+/m0/s1. The molecule has 0 unspecified atom stereocenters. The number of carbonyl (C=O) groups excluding carboxylic acids is 7. The third-order valence-corrected chi connectivity index (χ3v) is 18.1. The van der Waals surface area contributed by atoms with Crippen molar-refractivity contribution in [3.63, 3.8) is 0 Å². The molecule has 3 aliphatic heterocycles. The molecule has 35 heteroatoms. The number of nitrogens with zero attached hydrogens (tertiary/aromatic N) is 3. The highest BCUT2D eigenvalue weighted by Gasteiger charge is 2.49. The van der Waals surface area contributed by atoms with Gasteiger partial charge in [-0.1, -0.05) is 33.4 Å². The van der Waals surface area contributed by atoms with Crippen molar-refractivity contribution in [2.75, 3.05) is 125 Å². The van der Waals surface area contributed by atoms with Crippen LogP contribution in [0.3, 0.4) is 0 Å². The van der Waals surface area contributed by atoms with E-state index in [2.05, 4.69) is 33.2 Å². The highest BCUT2D eigenvalue weighted by atomic mass is 16.7. The van der Waals surface area contributed by atoms with Crippen LogP contribution in [-0.2, 0) is 118 Å². The van der Waals surface area contributed by atoms with Gasteiger partial charge in [-0.3, -0.25) is 28.8 Å². The third kappa shape index (κ3) is 25.4. The van der Waals surface area contributed by atoms with Gasteiger partial charge in [0.05, 0.1) is 140 Å². The molecule has 3 aliphatic rings. The van der Waals surface area contributed by atoms with Gasteiger partial charge in [0.25, 0.3) is 5.56 Å². The number of aromatic nitrogens is 2. The van der Waals surface area contributed by atoms with Gasteiger partial charge in [0.2, 0.25) is 35.8 Å². The van der Waals surface area contributed by atoms with Crippen LogP contribution in [0, 0.1) is 5.92 Å². The molecule has 4 aromatic rings. The summed E-state index contributed by atoms with van der Waals surface area (Å²) in [4.78, 5) is 125. The Hall–Kier alpha value is -8.82. The van der Waals surface area contributed by atoms with Gasteiger partial charge in [0.15, 0.2) is 6.10 Å². The molecule has 11 N–H and O–H groups in total. The van der Waals surface area contributed by atoms with Gasteiger partial charge in [-0.25, -0.2) is 14.6 Å². The summed E-state index contributed by atoms with van der Waals surface area (Å²) in [6, 6.07) is 6.57. The summed E-state index contributed by atoms with van der Waals surface area (Å²) in [5.41, 5.74) is 0.995. The molecule has 0 aliphatic carbocycles. The lowest BCUT2D eigenvalue weighted by Crippen LogP contribution is -2.61. The van der Waals surface area contributed by atoms with Crippen LogP contribution in [-0.4, -0.2) is 261 Å². The number of pyridine rings is 2. The van der Waals surface area contributed by atoms with Crippen molar-refractivity contribution in [3.05, 3.63) is 93.0 Å². The summed E-state index contributed by atoms with van der Waals surface area (Å²) in [6.45, 7) is 16.5. The number of hydrogen-bond donors (Lipinski definition) is 11. The van der Waals surface area contributed by atoms with Gasteiger partial charge in [-0.15, -0.1) is 0 Å². The zero-order chi connectivity index (χ0) is 79.3. The van der Waals surface area contributed by atoms with Gasteiger partial charge in [0, 0.05) is 62.0 Å². The number of hydrogen-bond acceptors (Lipinski definition) is 27. The van der Waals surface area contributed by atoms with Crippen molar-refractivity contribution < 1.29 is 126 Å². The first-order valence-corrected chi connectivity index (χ1v) is 36.2. The maximum absolute atomic E-state index is 14.1. The molecule has 109 heavy (non-hydrogen) atoms. The molecule has 602 valence electrons. The second kappa shape index (κ2) is 43.5. The minimum Gasteiger partial charge on any atom is -0.508 e. The molecule has 2 aromatic heterocycles. The maximum Gasteiger partial charge on any atom is 0.410 e. The third-order valence-electron chi connectivity index (χ3n) is 18.1. The number of ketones is 1. The average Bonchev–Trinajstić information content (AvgIpc) is 1.62. The van der Waals surface area contributed by atoms with Gasteiger partial charge in [-0.2, -0.15) is 0 Å². The molecule has 5 heterocycles. The molecule has 0 radical (unpaired) electrons. The highest BCUT2D eigenvalue weighted by molar-refractivity contribution is 5.99. The Morgan fingerprint density at radius 2 is 1.37 bits per heavy atom. The summed E-state index contributed by atoms with van der Waals surface area (Å²) >= 11 is 0. The first kappa shape index (κ1) is 87.4. The fourth-order valence-electron chi connectivity index (χ4n) is 11.8. The van der Waals surface area contributed by atoms with Gasteiger partial charge < -0.3 is 128 Å². The lowest BCUT2D eigenvalue weighted by molar-refractivity contribution is -0.271. The van der Waals surface area contributed by atoms with Crippen molar-refractivity contribution in [2.24, 2.45) is 5.92 Å². The number of fused-ring (bicyclic) bond motifs is 5. The first-order chi connectivity index (χ1) is 52.2. The van der Waals surface area contributed by atoms with Crippen LogP contribution in [0.5, 0.6) is 11.5 Å². The number of Topliss-reactive ketones (excluding diaryl/α,β-unsaturated/α-hetero) is 1. The van der Waals surface area contributed by atoms with Crippen molar-refractivity contribution >= 4 is 64.0 Å². The van der Waals surface area contributed by atoms with E-state index in [1.807, 2.05) is 0 Å². The summed E-state index contributed by atoms with van der Waals surface area (Å²) in [5.74, 6) is -6.18. The Kier molecular flexibility index (Phi) is 34.9. The van der Waals surface area contributed by atoms with E-state index in [0.29, 0.717) is 124 Å². The van der Waals surface area contributed by atoms with Gasteiger partial charge in [0.1, 0.15) is 78.3 Å². The molecule has 0 bridgehead atoms. The number of methoxy groups -OCH3 is 1. The first-order valence-electron chi connectivity index (χ1n) is 36.2. The molecule has 6 amide bonds. The predicted octanol–water partition coefficient (Wildman–Crippen LogP) is 1.69. The van der Waals surface area contributed by atoms with Crippen molar-refractivity contribution in [3.8, 4) is 22.9 Å². The van der Waals surface area contributed by atoms with E-state index in [4.69, 9.17) is 61.8 Å². The number of ether oxygens (including phenoxy) is 12. The van der Waals surface area contributed by atoms with Gasteiger partial charge >= 0.3 is 12.1 Å². The topological polar surface area (TPSA) is 467 Å². The number of amides is 6. The Morgan fingerprint density at radius 3 is 1.96 bits per heavy atom. The molecule has 7 rings (SSSR count). The molecular weight excluding hydrogens is 1430 g/mol. The molecule has 9 atom stereocenters. The van der Waals surface area contributed by atoms with E-state index >= 15 is 0 Å². The number of phenolic OH excluding ortho intramolecular Hbond substituents is 1. The number of aromatic hydroxyl groups is 1. The summed E-state index contributed by atoms with van der Waals surface area (Å²) < 4.78 is 67.5. The molecule has 1 fully saturated rings. The number of nitrogens with one attached hydrogen (secondary N) is 5. The molecule has 0 saturated carbocycles. The number of benzene rings is 2. The number of anilines is 1. The minimum atomic E-state index is -2.10. The Balaban J connectivity index is 0.931. The number of rotatable bonds is 48. The van der Waals surface area contributed by atoms with Gasteiger partial charge in [-0.05, 0) is 87.4 Å². The fourth-order valence-corrected chi connectivity index (χ4v) is 11.8. The molecular formula is C74H104N8O27. The smallest absolute Gasteiger partial charge is 0.410 e. The van der Waals surface area contributed by atoms with Crippen LogP contribution in [0.4, 0.5) is 10.5 Å². The predicted molar refractivity (Wildman–Crippen MR) is 387 cm³/mol. The number of aliphatic hydroxyl groups is 4. The molecule has 35 nitrogen and oxygen atoms in total. The summed E-state index contributed by atoms with van der Waals surface area (Å²) in [5, 5.41) is 78.6. The summed E-state index contributed by atoms with van der Waals surface area (Å²) in [7, 11) is 3.02. The number of phenols is 1. The number of unbranched alkanes of at least 4 members (excludes halogenated alkanes) is 1. The Morgan fingerprint density at radius 1 is 0.743 bits per heavy atom. The lowest BCUT2D eigenvalue weighted by Gasteiger charge is -2.38. The van der Waals surface area contributed by atoms with Crippen LogP contribution in [0.25, 0.3) is 22.3 Å².